The van der Waals surface area contributed by atoms with E-state index in [1.54, 1.807) is 24.0 Å². The zero-order valence-corrected chi connectivity index (χ0v) is 11.7. The molecule has 0 bridgehead atoms. The number of rotatable bonds is 4. The summed E-state index contributed by atoms with van der Waals surface area (Å²) in [6.45, 7) is 2.64. The van der Waals surface area contributed by atoms with E-state index in [-0.39, 0.29) is 22.7 Å². The first-order valence-corrected chi connectivity index (χ1v) is 7.23. The van der Waals surface area contributed by atoms with Crippen LogP contribution in [0.2, 0.25) is 0 Å². The molecule has 5 heteroatoms. The van der Waals surface area contributed by atoms with E-state index in [9.17, 15) is 14.7 Å². The largest absolute Gasteiger partial charge is 0.508 e. The van der Waals surface area contributed by atoms with E-state index in [2.05, 4.69) is 0 Å². The average Bonchev–Trinajstić information content (AvgIpc) is 2.71. The number of phenolic OH excluding ortho intramolecular Hbond substituents is 1. The van der Waals surface area contributed by atoms with Gasteiger partial charge in [-0.1, -0.05) is 30.0 Å². The molecule has 0 saturated carbocycles. The van der Waals surface area contributed by atoms with Crippen molar-refractivity contribution >= 4 is 22.8 Å². The van der Waals surface area contributed by atoms with Gasteiger partial charge in [0.25, 0.3) is 0 Å². The van der Waals surface area contributed by atoms with Crippen molar-refractivity contribution in [1.82, 2.24) is 4.90 Å². The lowest BCUT2D eigenvalue weighted by atomic mass is 10.1. The van der Waals surface area contributed by atoms with Crippen molar-refractivity contribution in [3.63, 3.8) is 0 Å². The van der Waals surface area contributed by atoms with Gasteiger partial charge in [0.15, 0.2) is 5.12 Å². The summed E-state index contributed by atoms with van der Waals surface area (Å²) in [6.07, 6.45) is 0.494. The molecule has 1 unspecified atom stereocenters. The molecule has 1 N–H and O–H groups in total. The van der Waals surface area contributed by atoms with E-state index in [1.165, 1.54) is 11.8 Å². The predicted molar refractivity (Wildman–Crippen MR) is 74.8 cm³/mol. The van der Waals surface area contributed by atoms with Crippen LogP contribution in [0, 0.1) is 5.92 Å². The molecule has 19 heavy (non-hydrogen) atoms. The predicted octanol–water partition coefficient (Wildman–Crippen LogP) is 2.02. The summed E-state index contributed by atoms with van der Waals surface area (Å²) in [4.78, 5) is 24.6. The number of thioether (sulfide) groups is 1. The lowest BCUT2D eigenvalue weighted by Gasteiger charge is -2.17. The molecule has 1 heterocycles. The molecule has 1 aromatic rings. The zero-order valence-electron chi connectivity index (χ0n) is 10.8. The van der Waals surface area contributed by atoms with Crippen molar-refractivity contribution in [2.75, 3.05) is 12.3 Å². The number of hydrogen-bond donors (Lipinski definition) is 1. The molecular formula is C14H17NO3S. The van der Waals surface area contributed by atoms with Crippen LogP contribution in [0.1, 0.15) is 18.9 Å². The first kappa shape index (κ1) is 13.9. The number of amides is 1. The van der Waals surface area contributed by atoms with Crippen molar-refractivity contribution in [1.29, 1.82) is 0 Å². The molecule has 1 atom stereocenters. The SMILES string of the molecule is CC(=O)SCC1CC(=O)N(Cc2ccccc2O)C1. The van der Waals surface area contributed by atoms with Gasteiger partial charge in [0.1, 0.15) is 5.75 Å². The summed E-state index contributed by atoms with van der Waals surface area (Å²) in [6, 6.07) is 7.05. The first-order valence-electron chi connectivity index (χ1n) is 6.24. The average molecular weight is 279 g/mol. The number of carbonyl (C=O) groups is 2. The Labute approximate surface area is 116 Å². The Hall–Kier alpha value is -1.49. The normalized spacial score (nSPS) is 18.9. The van der Waals surface area contributed by atoms with E-state index in [0.717, 1.165) is 5.56 Å². The molecule has 102 valence electrons. The number of para-hydroxylation sites is 1. The molecule has 0 radical (unpaired) electrons. The fourth-order valence-electron chi connectivity index (χ4n) is 2.20. The number of carbonyl (C=O) groups excluding carboxylic acids is 2. The van der Waals surface area contributed by atoms with E-state index >= 15 is 0 Å². The molecular weight excluding hydrogens is 262 g/mol. The smallest absolute Gasteiger partial charge is 0.223 e. The number of phenols is 1. The summed E-state index contributed by atoms with van der Waals surface area (Å²) in [5.74, 6) is 1.24. The Morgan fingerprint density at radius 2 is 2.21 bits per heavy atom. The maximum Gasteiger partial charge on any atom is 0.223 e. The Morgan fingerprint density at radius 3 is 2.89 bits per heavy atom. The number of likely N-dealkylation sites (tertiary alicyclic amines) is 1. The topological polar surface area (TPSA) is 57.6 Å². The summed E-state index contributed by atoms with van der Waals surface area (Å²) >= 11 is 1.27. The van der Waals surface area contributed by atoms with Crippen molar-refractivity contribution in [2.24, 2.45) is 5.92 Å². The molecule has 0 aliphatic carbocycles. The summed E-state index contributed by atoms with van der Waals surface area (Å²) in [7, 11) is 0. The van der Waals surface area contributed by atoms with Crippen LogP contribution < -0.4 is 0 Å². The highest BCUT2D eigenvalue weighted by Gasteiger charge is 2.30. The highest BCUT2D eigenvalue weighted by atomic mass is 32.2. The van der Waals surface area contributed by atoms with E-state index in [1.807, 2.05) is 12.1 Å². The van der Waals surface area contributed by atoms with E-state index in [4.69, 9.17) is 0 Å². The second-order valence-electron chi connectivity index (χ2n) is 4.78. The van der Waals surface area contributed by atoms with Crippen LogP contribution in [0.25, 0.3) is 0 Å². The molecule has 4 nitrogen and oxygen atoms in total. The fourth-order valence-corrected chi connectivity index (χ4v) is 2.90. The summed E-state index contributed by atoms with van der Waals surface area (Å²) in [5.41, 5.74) is 0.760. The molecule has 1 aliphatic heterocycles. The van der Waals surface area contributed by atoms with Gasteiger partial charge in [-0.15, -0.1) is 0 Å². The summed E-state index contributed by atoms with van der Waals surface area (Å²) < 4.78 is 0. The minimum Gasteiger partial charge on any atom is -0.508 e. The molecule has 1 aliphatic rings. The maximum absolute atomic E-state index is 11.9. The van der Waals surface area contributed by atoms with Crippen molar-refractivity contribution in [2.45, 2.75) is 19.9 Å². The highest BCUT2D eigenvalue weighted by Crippen LogP contribution is 2.26. The van der Waals surface area contributed by atoms with Crippen LogP contribution in [-0.2, 0) is 16.1 Å². The minimum atomic E-state index is 0.0894. The molecule has 1 saturated heterocycles. The van der Waals surface area contributed by atoms with Crippen LogP contribution in [0.5, 0.6) is 5.75 Å². The van der Waals surface area contributed by atoms with Gasteiger partial charge in [0, 0.05) is 37.8 Å². The number of aromatic hydroxyl groups is 1. The Balaban J connectivity index is 1.93. The maximum atomic E-state index is 11.9. The van der Waals surface area contributed by atoms with Crippen LogP contribution >= 0.6 is 11.8 Å². The quantitative estimate of drug-likeness (QED) is 0.916. The Morgan fingerprint density at radius 1 is 1.47 bits per heavy atom. The molecule has 0 aromatic heterocycles. The van der Waals surface area contributed by atoms with Crippen LogP contribution in [0.3, 0.4) is 0 Å². The van der Waals surface area contributed by atoms with Crippen LogP contribution in [0.4, 0.5) is 0 Å². The van der Waals surface area contributed by atoms with Gasteiger partial charge < -0.3 is 10.0 Å². The molecule has 0 spiro atoms. The van der Waals surface area contributed by atoms with Gasteiger partial charge in [0.2, 0.25) is 5.91 Å². The van der Waals surface area contributed by atoms with Gasteiger partial charge in [-0.2, -0.15) is 0 Å². The van der Waals surface area contributed by atoms with Crippen LogP contribution in [0.15, 0.2) is 24.3 Å². The second kappa shape index (κ2) is 6.10. The van der Waals surface area contributed by atoms with Gasteiger partial charge in [-0.25, -0.2) is 0 Å². The van der Waals surface area contributed by atoms with Crippen molar-refractivity contribution < 1.29 is 14.7 Å². The van der Waals surface area contributed by atoms with Gasteiger partial charge in [-0.3, -0.25) is 9.59 Å². The monoisotopic (exact) mass is 279 g/mol. The molecule has 1 fully saturated rings. The number of hydrogen-bond acceptors (Lipinski definition) is 4. The standard InChI is InChI=1S/C14H17NO3S/c1-10(16)19-9-11-6-14(18)15(7-11)8-12-4-2-3-5-13(12)17/h2-5,11,17H,6-9H2,1H3. The lowest BCUT2D eigenvalue weighted by Crippen LogP contribution is -2.24. The van der Waals surface area contributed by atoms with E-state index < -0.39 is 0 Å². The molecule has 1 aromatic carbocycles. The van der Waals surface area contributed by atoms with Crippen molar-refractivity contribution in [3.8, 4) is 5.75 Å². The number of benzene rings is 1. The Kier molecular flexibility index (Phi) is 4.47. The van der Waals surface area contributed by atoms with Gasteiger partial charge in [-0.05, 0) is 12.0 Å². The van der Waals surface area contributed by atoms with E-state index in [0.29, 0.717) is 25.3 Å². The third-order valence-corrected chi connectivity index (χ3v) is 4.21. The first-order chi connectivity index (χ1) is 9.06. The minimum absolute atomic E-state index is 0.0894. The second-order valence-corrected chi connectivity index (χ2v) is 5.97. The molecule has 2 rings (SSSR count). The third-order valence-electron chi connectivity index (χ3n) is 3.17. The van der Waals surface area contributed by atoms with Gasteiger partial charge in [0.05, 0.1) is 0 Å². The summed E-state index contributed by atoms with van der Waals surface area (Å²) in [5, 5.41) is 9.80. The van der Waals surface area contributed by atoms with Gasteiger partial charge >= 0.3 is 0 Å². The Bertz CT molecular complexity index is 489. The van der Waals surface area contributed by atoms with Crippen molar-refractivity contribution in [3.05, 3.63) is 29.8 Å². The third kappa shape index (κ3) is 3.73. The number of nitrogens with zero attached hydrogens (tertiary/aromatic N) is 1. The fraction of sp³-hybridized carbons (Fsp3) is 0.429. The van der Waals surface area contributed by atoms with Crippen LogP contribution in [-0.4, -0.2) is 33.3 Å². The lowest BCUT2D eigenvalue weighted by molar-refractivity contribution is -0.128. The highest BCUT2D eigenvalue weighted by molar-refractivity contribution is 8.13. The zero-order chi connectivity index (χ0) is 13.8. The molecule has 1 amide bonds.